The van der Waals surface area contributed by atoms with E-state index in [-0.39, 0.29) is 5.91 Å². The highest BCUT2D eigenvalue weighted by Crippen LogP contribution is 2.15. The molecule has 2 aromatic carbocycles. The average molecular weight is 318 g/mol. The lowest BCUT2D eigenvalue weighted by molar-refractivity contribution is 0.0964. The third kappa shape index (κ3) is 4.23. The monoisotopic (exact) mass is 317 g/mol. The Morgan fingerprint density at radius 3 is 2.59 bits per heavy atom. The molecule has 0 aliphatic carbocycles. The lowest BCUT2D eigenvalue weighted by Gasteiger charge is -2.11. The Balaban J connectivity index is 1.99. The van der Waals surface area contributed by atoms with Crippen LogP contribution < -0.4 is 16.0 Å². The van der Waals surface area contributed by atoms with Gasteiger partial charge in [0.25, 0.3) is 5.91 Å². The van der Waals surface area contributed by atoms with Crippen molar-refractivity contribution in [3.63, 3.8) is 0 Å². The smallest absolute Gasteiger partial charge is 0.319 e. The van der Waals surface area contributed by atoms with Crippen molar-refractivity contribution in [3.05, 3.63) is 64.7 Å². The van der Waals surface area contributed by atoms with Gasteiger partial charge in [-0.2, -0.15) is 0 Å². The summed E-state index contributed by atoms with van der Waals surface area (Å²) in [6.07, 6.45) is 0. The van der Waals surface area contributed by atoms with E-state index in [1.807, 2.05) is 12.1 Å². The highest BCUT2D eigenvalue weighted by atomic mass is 35.5. The quantitative estimate of drug-likeness (QED) is 0.811. The van der Waals surface area contributed by atoms with Gasteiger partial charge in [0.15, 0.2) is 0 Å². The van der Waals surface area contributed by atoms with Crippen LogP contribution in [0, 0.1) is 0 Å². The molecule has 0 radical (unpaired) electrons. The van der Waals surface area contributed by atoms with E-state index in [4.69, 9.17) is 11.6 Å². The molecule has 0 fully saturated rings. The maximum Gasteiger partial charge on any atom is 0.319 e. The summed E-state index contributed by atoms with van der Waals surface area (Å²) < 4.78 is 0. The van der Waals surface area contributed by atoms with E-state index in [0.29, 0.717) is 22.8 Å². The van der Waals surface area contributed by atoms with Crippen molar-refractivity contribution >= 4 is 29.2 Å². The lowest BCUT2D eigenvalue weighted by Crippen LogP contribution is -2.29. The molecule has 0 aromatic heterocycles. The topological polar surface area (TPSA) is 70.2 Å². The minimum Gasteiger partial charge on any atom is -0.355 e. The van der Waals surface area contributed by atoms with Gasteiger partial charge < -0.3 is 16.0 Å². The molecule has 0 saturated heterocycles. The van der Waals surface area contributed by atoms with Crippen molar-refractivity contribution in [3.8, 4) is 0 Å². The minimum absolute atomic E-state index is 0.259. The summed E-state index contributed by atoms with van der Waals surface area (Å²) in [5.41, 5.74) is 1.75. The number of rotatable bonds is 4. The first-order chi connectivity index (χ1) is 10.6. The first kappa shape index (κ1) is 15.9. The Kier molecular flexibility index (Phi) is 5.38. The molecule has 0 atom stereocenters. The normalized spacial score (nSPS) is 9.91. The molecule has 2 aromatic rings. The maximum absolute atomic E-state index is 11.9. The van der Waals surface area contributed by atoms with Gasteiger partial charge >= 0.3 is 6.03 Å². The van der Waals surface area contributed by atoms with E-state index >= 15 is 0 Å². The van der Waals surface area contributed by atoms with Crippen molar-refractivity contribution in [1.82, 2.24) is 10.6 Å². The van der Waals surface area contributed by atoms with Gasteiger partial charge in [0, 0.05) is 18.6 Å². The number of para-hydroxylation sites is 1. The van der Waals surface area contributed by atoms with E-state index in [9.17, 15) is 9.59 Å². The van der Waals surface area contributed by atoms with Crippen LogP contribution in [0.15, 0.2) is 48.5 Å². The summed E-state index contributed by atoms with van der Waals surface area (Å²) in [5.74, 6) is -0.259. The number of carbonyl (C=O) groups excluding carboxylic acids is 2. The Morgan fingerprint density at radius 2 is 1.86 bits per heavy atom. The number of hydrogen-bond acceptors (Lipinski definition) is 2. The first-order valence-electron chi connectivity index (χ1n) is 6.70. The molecule has 3 N–H and O–H groups in total. The van der Waals surface area contributed by atoms with Crippen LogP contribution in [0.3, 0.4) is 0 Å². The van der Waals surface area contributed by atoms with Crippen molar-refractivity contribution in [2.24, 2.45) is 0 Å². The number of hydrogen-bond donors (Lipinski definition) is 3. The molecule has 3 amide bonds. The standard InChI is InChI=1S/C16H16ClN3O2/c1-18-15(21)13-7-2-3-8-14(13)20-16(22)19-10-11-5-4-6-12(17)9-11/h2-9H,10H2,1H3,(H,18,21)(H2,19,20,22). The van der Waals surface area contributed by atoms with Crippen LogP contribution in [0.1, 0.15) is 15.9 Å². The second kappa shape index (κ2) is 7.47. The van der Waals surface area contributed by atoms with E-state index in [0.717, 1.165) is 5.56 Å². The van der Waals surface area contributed by atoms with E-state index < -0.39 is 6.03 Å². The predicted molar refractivity (Wildman–Crippen MR) is 87.1 cm³/mol. The molecular weight excluding hydrogens is 302 g/mol. The molecule has 5 nitrogen and oxygen atoms in total. The Bertz CT molecular complexity index is 689. The number of halogens is 1. The molecule has 2 rings (SSSR count). The lowest BCUT2D eigenvalue weighted by atomic mass is 10.1. The maximum atomic E-state index is 11.9. The summed E-state index contributed by atoms with van der Waals surface area (Å²) in [5, 5.41) is 8.53. The molecule has 114 valence electrons. The van der Waals surface area contributed by atoms with Crippen LogP contribution in [0.5, 0.6) is 0 Å². The molecule has 0 aliphatic rings. The number of amides is 3. The first-order valence-corrected chi connectivity index (χ1v) is 7.08. The van der Waals surface area contributed by atoms with E-state index in [2.05, 4.69) is 16.0 Å². The molecule has 6 heteroatoms. The zero-order valence-corrected chi connectivity index (χ0v) is 12.8. The van der Waals surface area contributed by atoms with E-state index in [1.165, 1.54) is 0 Å². The number of urea groups is 1. The predicted octanol–water partition coefficient (Wildman–Crippen LogP) is 3.02. The van der Waals surface area contributed by atoms with Crippen molar-refractivity contribution < 1.29 is 9.59 Å². The minimum atomic E-state index is -0.392. The fraction of sp³-hybridized carbons (Fsp3) is 0.125. The van der Waals surface area contributed by atoms with Crippen LogP contribution in [0.25, 0.3) is 0 Å². The molecule has 0 unspecified atom stereocenters. The van der Waals surface area contributed by atoms with Gasteiger partial charge in [-0.05, 0) is 29.8 Å². The van der Waals surface area contributed by atoms with E-state index in [1.54, 1.807) is 43.4 Å². The Hall–Kier alpha value is -2.53. The van der Waals surface area contributed by atoms with Gasteiger partial charge in [0.05, 0.1) is 11.3 Å². The summed E-state index contributed by atoms with van der Waals surface area (Å²) in [7, 11) is 1.54. The Labute approximate surface area is 133 Å². The molecule has 22 heavy (non-hydrogen) atoms. The van der Waals surface area contributed by atoms with Gasteiger partial charge in [-0.3, -0.25) is 4.79 Å². The van der Waals surface area contributed by atoms with Crippen LogP contribution in [0.2, 0.25) is 5.02 Å². The van der Waals surface area contributed by atoms with Gasteiger partial charge in [0.1, 0.15) is 0 Å². The zero-order chi connectivity index (χ0) is 15.9. The van der Waals surface area contributed by atoms with Crippen molar-refractivity contribution in [2.75, 3.05) is 12.4 Å². The van der Waals surface area contributed by atoms with Gasteiger partial charge in [-0.15, -0.1) is 0 Å². The second-order valence-electron chi connectivity index (χ2n) is 4.56. The van der Waals surface area contributed by atoms with Gasteiger partial charge in [0.2, 0.25) is 0 Å². The van der Waals surface area contributed by atoms with Crippen LogP contribution >= 0.6 is 11.6 Å². The van der Waals surface area contributed by atoms with Crippen molar-refractivity contribution in [2.45, 2.75) is 6.54 Å². The Morgan fingerprint density at radius 1 is 1.09 bits per heavy atom. The fourth-order valence-corrected chi connectivity index (χ4v) is 2.13. The highest BCUT2D eigenvalue weighted by Gasteiger charge is 2.11. The molecule has 0 bridgehead atoms. The highest BCUT2D eigenvalue weighted by molar-refractivity contribution is 6.30. The number of carbonyl (C=O) groups is 2. The molecule has 0 heterocycles. The summed E-state index contributed by atoms with van der Waals surface area (Å²) in [4.78, 5) is 23.7. The summed E-state index contributed by atoms with van der Waals surface area (Å²) in [6, 6.07) is 13.6. The van der Waals surface area contributed by atoms with Gasteiger partial charge in [-0.25, -0.2) is 4.79 Å². The fourth-order valence-electron chi connectivity index (χ4n) is 1.92. The van der Waals surface area contributed by atoms with Crippen molar-refractivity contribution in [1.29, 1.82) is 0 Å². The van der Waals surface area contributed by atoms with Crippen LogP contribution in [0.4, 0.5) is 10.5 Å². The largest absolute Gasteiger partial charge is 0.355 e. The number of nitrogens with one attached hydrogen (secondary N) is 3. The van der Waals surface area contributed by atoms with Crippen LogP contribution in [-0.4, -0.2) is 19.0 Å². The average Bonchev–Trinajstić information content (AvgIpc) is 2.53. The second-order valence-corrected chi connectivity index (χ2v) is 5.00. The number of anilines is 1. The summed E-state index contributed by atoms with van der Waals surface area (Å²) in [6.45, 7) is 0.342. The number of benzene rings is 2. The molecule has 0 aliphatic heterocycles. The third-order valence-electron chi connectivity index (χ3n) is 2.99. The molecule has 0 saturated carbocycles. The zero-order valence-electron chi connectivity index (χ0n) is 12.0. The van der Waals surface area contributed by atoms with Crippen LogP contribution in [-0.2, 0) is 6.54 Å². The SMILES string of the molecule is CNC(=O)c1ccccc1NC(=O)NCc1cccc(Cl)c1. The molecular formula is C16H16ClN3O2. The third-order valence-corrected chi connectivity index (χ3v) is 3.22. The van der Waals surface area contributed by atoms with Gasteiger partial charge in [-0.1, -0.05) is 35.9 Å². The summed E-state index contributed by atoms with van der Waals surface area (Å²) >= 11 is 5.89. The molecule has 0 spiro atoms.